The molecule has 1 heterocycles. The van der Waals surface area contributed by atoms with Crippen LogP contribution in [-0.4, -0.2) is 50.5 Å². The van der Waals surface area contributed by atoms with Gasteiger partial charge in [0.05, 0.1) is 24.8 Å². The largest absolute Gasteiger partial charge is 0.495 e. The van der Waals surface area contributed by atoms with Gasteiger partial charge in [0.1, 0.15) is 10.2 Å². The first-order chi connectivity index (χ1) is 9.97. The maximum Gasteiger partial charge on any atom is 0.150 e. The zero-order valence-electron chi connectivity index (χ0n) is 12.5. The highest BCUT2D eigenvalue weighted by Crippen LogP contribution is 2.43. The number of halogens is 2. The molecule has 2 unspecified atom stereocenters. The Morgan fingerprint density at radius 3 is 2.57 bits per heavy atom. The number of methoxy groups -OCH3 is 2. The summed E-state index contributed by atoms with van der Waals surface area (Å²) in [6.07, 6.45) is 1.34. The molecule has 1 aliphatic heterocycles. The molecular weight excluding hydrogens is 402 g/mol. The van der Waals surface area contributed by atoms with Crippen molar-refractivity contribution in [3.05, 3.63) is 20.6 Å². The molecular formula is C15H21Br2NO3. The van der Waals surface area contributed by atoms with Gasteiger partial charge in [0.25, 0.3) is 0 Å². The van der Waals surface area contributed by atoms with Crippen LogP contribution in [0.4, 0.5) is 0 Å². The van der Waals surface area contributed by atoms with Gasteiger partial charge >= 0.3 is 0 Å². The minimum Gasteiger partial charge on any atom is -0.495 e. The first-order valence-corrected chi connectivity index (χ1v) is 8.52. The normalized spacial score (nSPS) is 23.1. The van der Waals surface area contributed by atoms with Gasteiger partial charge in [-0.05, 0) is 63.4 Å². The molecule has 1 N–H and O–H groups in total. The third kappa shape index (κ3) is 3.73. The van der Waals surface area contributed by atoms with Crippen molar-refractivity contribution >= 4 is 31.9 Å². The Balaban J connectivity index is 2.31. The number of piperidine rings is 1. The molecule has 1 aliphatic rings. The van der Waals surface area contributed by atoms with E-state index in [-0.39, 0.29) is 12.0 Å². The molecule has 0 amide bonds. The summed E-state index contributed by atoms with van der Waals surface area (Å²) in [7, 11) is 5.38. The van der Waals surface area contributed by atoms with Gasteiger partial charge in [-0.15, -0.1) is 0 Å². The van der Waals surface area contributed by atoms with E-state index in [0.29, 0.717) is 0 Å². The van der Waals surface area contributed by atoms with Gasteiger partial charge in [0.15, 0.2) is 5.75 Å². The lowest BCUT2D eigenvalue weighted by atomic mass is 9.88. The first kappa shape index (κ1) is 17.1. The third-order valence-electron chi connectivity index (χ3n) is 4.00. The maximum absolute atomic E-state index is 10.2. The lowest BCUT2D eigenvalue weighted by Gasteiger charge is -2.34. The second-order valence-corrected chi connectivity index (χ2v) is 7.13. The van der Waals surface area contributed by atoms with Crippen LogP contribution in [0.2, 0.25) is 0 Å². The molecule has 1 aromatic carbocycles. The number of aliphatic hydroxyl groups is 1. The molecule has 0 radical (unpaired) electrons. The monoisotopic (exact) mass is 421 g/mol. The van der Waals surface area contributed by atoms with Gasteiger partial charge in [0, 0.05) is 19.0 Å². The summed E-state index contributed by atoms with van der Waals surface area (Å²) < 4.78 is 12.6. The van der Waals surface area contributed by atoms with E-state index in [1.54, 1.807) is 14.2 Å². The highest BCUT2D eigenvalue weighted by atomic mass is 79.9. The summed E-state index contributed by atoms with van der Waals surface area (Å²) in [5, 5.41) is 10.2. The third-order valence-corrected chi connectivity index (χ3v) is 5.30. The Morgan fingerprint density at radius 2 is 1.95 bits per heavy atom. The smallest absolute Gasteiger partial charge is 0.150 e. The standard InChI is InChI=1S/C15H21Br2NO3/c1-18-5-4-12(19)10(8-18)6-9-7-11(16)15(21-3)13(17)14(9)20-2/h7,10,12,19H,4-6,8H2,1-3H3. The molecule has 1 saturated heterocycles. The van der Waals surface area contributed by atoms with Gasteiger partial charge in [-0.2, -0.15) is 0 Å². The van der Waals surface area contributed by atoms with Crippen LogP contribution in [0.1, 0.15) is 12.0 Å². The first-order valence-electron chi connectivity index (χ1n) is 6.93. The Morgan fingerprint density at radius 1 is 1.29 bits per heavy atom. The van der Waals surface area contributed by atoms with Crippen molar-refractivity contribution in [1.82, 2.24) is 4.90 Å². The Hall–Kier alpha value is -0.300. The molecule has 1 fully saturated rings. The topological polar surface area (TPSA) is 41.9 Å². The van der Waals surface area contributed by atoms with Crippen LogP contribution in [0, 0.1) is 5.92 Å². The number of rotatable bonds is 4. The minimum atomic E-state index is -0.259. The van der Waals surface area contributed by atoms with Crippen molar-refractivity contribution < 1.29 is 14.6 Å². The van der Waals surface area contributed by atoms with Crippen LogP contribution < -0.4 is 9.47 Å². The molecule has 0 bridgehead atoms. The Labute approximate surface area is 142 Å². The van der Waals surface area contributed by atoms with Crippen molar-refractivity contribution in [1.29, 1.82) is 0 Å². The van der Waals surface area contributed by atoms with Crippen molar-refractivity contribution in [3.63, 3.8) is 0 Å². The predicted molar refractivity (Wildman–Crippen MR) is 90.3 cm³/mol. The molecule has 6 heteroatoms. The lowest BCUT2D eigenvalue weighted by Crippen LogP contribution is -2.42. The van der Waals surface area contributed by atoms with Gasteiger partial charge in [-0.25, -0.2) is 0 Å². The molecule has 21 heavy (non-hydrogen) atoms. The van der Waals surface area contributed by atoms with E-state index in [1.807, 2.05) is 6.07 Å². The minimum absolute atomic E-state index is 0.213. The van der Waals surface area contributed by atoms with Crippen LogP contribution in [0.3, 0.4) is 0 Å². The summed E-state index contributed by atoms with van der Waals surface area (Å²) in [6, 6.07) is 2.02. The summed E-state index contributed by atoms with van der Waals surface area (Å²) in [5.74, 6) is 1.71. The fourth-order valence-corrected chi connectivity index (χ4v) is 4.57. The van der Waals surface area contributed by atoms with E-state index in [0.717, 1.165) is 51.9 Å². The summed E-state index contributed by atoms with van der Waals surface area (Å²) in [6.45, 7) is 1.84. The Bertz CT molecular complexity index is 510. The van der Waals surface area contributed by atoms with Gasteiger partial charge in [-0.1, -0.05) is 0 Å². The summed E-state index contributed by atoms with van der Waals surface area (Å²) >= 11 is 7.07. The number of likely N-dealkylation sites (tertiary alicyclic amines) is 1. The van der Waals surface area contributed by atoms with Crippen LogP contribution in [0.25, 0.3) is 0 Å². The number of benzene rings is 1. The second kappa shape index (κ2) is 7.31. The SMILES string of the molecule is COc1c(Br)cc(CC2CN(C)CCC2O)c(OC)c1Br. The second-order valence-electron chi connectivity index (χ2n) is 5.48. The molecule has 118 valence electrons. The zero-order valence-corrected chi connectivity index (χ0v) is 15.7. The van der Waals surface area contributed by atoms with Crippen LogP contribution in [0.5, 0.6) is 11.5 Å². The molecule has 2 atom stereocenters. The predicted octanol–water partition coefficient (Wildman–Crippen LogP) is 3.08. The Kier molecular flexibility index (Phi) is 5.94. The lowest BCUT2D eigenvalue weighted by molar-refractivity contribution is 0.0364. The molecule has 4 nitrogen and oxygen atoms in total. The maximum atomic E-state index is 10.2. The van der Waals surface area contributed by atoms with Crippen LogP contribution in [-0.2, 0) is 6.42 Å². The van der Waals surface area contributed by atoms with E-state index >= 15 is 0 Å². The highest BCUT2D eigenvalue weighted by molar-refractivity contribution is 9.11. The number of hydrogen-bond acceptors (Lipinski definition) is 4. The van der Waals surface area contributed by atoms with E-state index in [2.05, 4.69) is 43.8 Å². The number of ether oxygens (including phenoxy) is 2. The average Bonchev–Trinajstić information content (AvgIpc) is 2.43. The fraction of sp³-hybridized carbons (Fsp3) is 0.600. The number of nitrogens with zero attached hydrogens (tertiary/aromatic N) is 1. The highest BCUT2D eigenvalue weighted by Gasteiger charge is 2.28. The van der Waals surface area contributed by atoms with E-state index in [1.165, 1.54) is 0 Å². The van der Waals surface area contributed by atoms with Crippen LogP contribution in [0.15, 0.2) is 15.0 Å². The van der Waals surface area contributed by atoms with Crippen molar-refractivity contribution in [3.8, 4) is 11.5 Å². The van der Waals surface area contributed by atoms with Crippen molar-refractivity contribution in [2.24, 2.45) is 5.92 Å². The fourth-order valence-electron chi connectivity index (χ4n) is 2.88. The van der Waals surface area contributed by atoms with E-state index in [4.69, 9.17) is 9.47 Å². The van der Waals surface area contributed by atoms with Crippen molar-refractivity contribution in [2.45, 2.75) is 18.9 Å². The molecule has 0 saturated carbocycles. The summed E-state index contributed by atoms with van der Waals surface area (Å²) in [5.41, 5.74) is 1.07. The number of hydrogen-bond donors (Lipinski definition) is 1. The van der Waals surface area contributed by atoms with Crippen LogP contribution >= 0.6 is 31.9 Å². The van der Waals surface area contributed by atoms with Gasteiger partial charge < -0.3 is 19.5 Å². The van der Waals surface area contributed by atoms with E-state index < -0.39 is 0 Å². The molecule has 0 aromatic heterocycles. The molecule has 2 rings (SSSR count). The molecule has 0 spiro atoms. The quantitative estimate of drug-likeness (QED) is 0.809. The van der Waals surface area contributed by atoms with Crippen molar-refractivity contribution in [2.75, 3.05) is 34.4 Å². The zero-order chi connectivity index (χ0) is 15.6. The van der Waals surface area contributed by atoms with Gasteiger partial charge in [0.2, 0.25) is 0 Å². The number of aliphatic hydroxyl groups excluding tert-OH is 1. The average molecular weight is 423 g/mol. The van der Waals surface area contributed by atoms with Gasteiger partial charge in [-0.3, -0.25) is 0 Å². The molecule has 0 aliphatic carbocycles. The molecule has 1 aromatic rings. The van der Waals surface area contributed by atoms with E-state index in [9.17, 15) is 5.11 Å². The summed E-state index contributed by atoms with van der Waals surface area (Å²) in [4.78, 5) is 2.26.